The summed E-state index contributed by atoms with van der Waals surface area (Å²) in [7, 11) is 1.98. The molecular weight excluding hydrogens is 258 g/mol. The summed E-state index contributed by atoms with van der Waals surface area (Å²) in [5, 5.41) is 4.59. The van der Waals surface area contributed by atoms with Crippen LogP contribution in [-0.2, 0) is 13.5 Å². The lowest BCUT2D eigenvalue weighted by atomic mass is 10.2. The first kappa shape index (κ1) is 14.2. The fourth-order valence-electron chi connectivity index (χ4n) is 2.55. The fraction of sp³-hybridized carbons (Fsp3) is 0.692. The van der Waals surface area contributed by atoms with Crippen molar-refractivity contribution in [2.75, 3.05) is 17.7 Å². The molecule has 0 aromatic carbocycles. The molecule has 0 bridgehead atoms. The van der Waals surface area contributed by atoms with Gasteiger partial charge in [0.1, 0.15) is 5.52 Å². The smallest absolute Gasteiger partial charge is 0.202 e. The third kappa shape index (κ3) is 2.45. The number of nitrogen functional groups attached to an aromatic ring is 1. The number of hydrogen-bond acceptors (Lipinski definition) is 4. The Morgan fingerprint density at radius 2 is 2.11 bits per heavy atom. The Morgan fingerprint density at radius 3 is 2.68 bits per heavy atom. The van der Waals surface area contributed by atoms with Gasteiger partial charge in [-0.25, -0.2) is 4.98 Å². The van der Waals surface area contributed by atoms with Gasteiger partial charge < -0.3 is 5.73 Å². The van der Waals surface area contributed by atoms with E-state index in [0.29, 0.717) is 12.0 Å². The van der Waals surface area contributed by atoms with Gasteiger partial charge in [-0.1, -0.05) is 20.3 Å². The first-order valence-electron chi connectivity index (χ1n) is 6.82. The normalized spacial score (nSPS) is 13.3. The van der Waals surface area contributed by atoms with Gasteiger partial charge >= 0.3 is 0 Å². The SMILES string of the molecule is CCCc1nn(C)c2c1nc(N)n2C(CC)CSC. The van der Waals surface area contributed by atoms with E-state index < -0.39 is 0 Å². The summed E-state index contributed by atoms with van der Waals surface area (Å²) in [5.41, 5.74) is 9.23. The molecule has 0 amide bonds. The van der Waals surface area contributed by atoms with Gasteiger partial charge in [0, 0.05) is 18.8 Å². The summed E-state index contributed by atoms with van der Waals surface area (Å²) in [4.78, 5) is 4.55. The van der Waals surface area contributed by atoms with E-state index in [0.717, 1.165) is 41.9 Å². The van der Waals surface area contributed by atoms with E-state index in [-0.39, 0.29) is 0 Å². The highest BCUT2D eigenvalue weighted by molar-refractivity contribution is 7.98. The molecule has 0 aliphatic rings. The molecule has 0 aliphatic carbocycles. The van der Waals surface area contributed by atoms with Gasteiger partial charge in [0.15, 0.2) is 5.65 Å². The number of nitrogens with zero attached hydrogens (tertiary/aromatic N) is 4. The molecule has 0 radical (unpaired) electrons. The predicted molar refractivity (Wildman–Crippen MR) is 82.6 cm³/mol. The van der Waals surface area contributed by atoms with Crippen molar-refractivity contribution in [3.63, 3.8) is 0 Å². The average molecular weight is 281 g/mol. The lowest BCUT2D eigenvalue weighted by molar-refractivity contribution is 0.546. The number of fused-ring (bicyclic) bond motifs is 1. The third-order valence-corrected chi connectivity index (χ3v) is 4.16. The molecule has 106 valence electrons. The monoisotopic (exact) mass is 281 g/mol. The highest BCUT2D eigenvalue weighted by Crippen LogP contribution is 2.28. The topological polar surface area (TPSA) is 61.7 Å². The Bertz CT molecular complexity index is 557. The van der Waals surface area contributed by atoms with Gasteiger partial charge in [0.2, 0.25) is 5.95 Å². The second kappa shape index (κ2) is 5.86. The number of nitrogens with two attached hydrogens (primary N) is 1. The maximum atomic E-state index is 6.14. The minimum Gasteiger partial charge on any atom is -0.369 e. The van der Waals surface area contributed by atoms with Gasteiger partial charge in [0.25, 0.3) is 0 Å². The van der Waals surface area contributed by atoms with Crippen molar-refractivity contribution in [3.05, 3.63) is 5.69 Å². The number of rotatable bonds is 6. The van der Waals surface area contributed by atoms with Gasteiger partial charge in [-0.15, -0.1) is 0 Å². The first-order chi connectivity index (χ1) is 9.13. The van der Waals surface area contributed by atoms with Crippen LogP contribution in [0, 0.1) is 0 Å². The molecular formula is C13H23N5S. The van der Waals surface area contributed by atoms with Crippen molar-refractivity contribution >= 4 is 28.9 Å². The van der Waals surface area contributed by atoms with Crippen LogP contribution in [0.3, 0.4) is 0 Å². The predicted octanol–water partition coefficient (Wildman–Crippen LogP) is 2.62. The lowest BCUT2D eigenvalue weighted by Gasteiger charge is -2.17. The van der Waals surface area contributed by atoms with E-state index >= 15 is 0 Å². The Labute approximate surface area is 118 Å². The molecule has 1 atom stereocenters. The Kier molecular flexibility index (Phi) is 4.39. The summed E-state index contributed by atoms with van der Waals surface area (Å²) in [6.45, 7) is 4.35. The molecule has 0 spiro atoms. The Morgan fingerprint density at radius 1 is 1.37 bits per heavy atom. The van der Waals surface area contributed by atoms with Crippen LogP contribution in [0.5, 0.6) is 0 Å². The molecule has 2 heterocycles. The molecule has 0 saturated heterocycles. The molecule has 0 aliphatic heterocycles. The van der Waals surface area contributed by atoms with Crippen LogP contribution < -0.4 is 5.73 Å². The molecule has 2 aromatic heterocycles. The second-order valence-electron chi connectivity index (χ2n) is 4.85. The maximum Gasteiger partial charge on any atom is 0.202 e. The van der Waals surface area contributed by atoms with Gasteiger partial charge in [-0.05, 0) is 19.1 Å². The zero-order valence-corrected chi connectivity index (χ0v) is 13.0. The quantitative estimate of drug-likeness (QED) is 0.884. The van der Waals surface area contributed by atoms with Crippen molar-refractivity contribution in [1.29, 1.82) is 0 Å². The molecule has 0 fully saturated rings. The third-order valence-electron chi connectivity index (χ3n) is 3.45. The zero-order valence-electron chi connectivity index (χ0n) is 12.2. The standard InChI is InChI=1S/C13H23N5S/c1-5-7-10-11-12(17(3)16-10)18(13(14)15-11)9(6-2)8-19-4/h9H,5-8H2,1-4H3,(H2,14,15). The molecule has 2 N–H and O–H groups in total. The van der Waals surface area contributed by atoms with Crippen LogP contribution in [0.2, 0.25) is 0 Å². The fourth-order valence-corrected chi connectivity index (χ4v) is 3.32. The van der Waals surface area contributed by atoms with Crippen LogP contribution in [0.15, 0.2) is 0 Å². The lowest BCUT2D eigenvalue weighted by Crippen LogP contribution is -2.15. The molecule has 2 rings (SSSR count). The summed E-state index contributed by atoms with van der Waals surface area (Å²) in [5.74, 6) is 1.65. The number of anilines is 1. The summed E-state index contributed by atoms with van der Waals surface area (Å²) >= 11 is 1.84. The van der Waals surface area contributed by atoms with E-state index in [1.165, 1.54) is 0 Å². The van der Waals surface area contributed by atoms with Crippen LogP contribution in [-0.4, -0.2) is 31.3 Å². The highest BCUT2D eigenvalue weighted by Gasteiger charge is 2.21. The average Bonchev–Trinajstić information content (AvgIpc) is 2.86. The molecule has 6 heteroatoms. The van der Waals surface area contributed by atoms with Gasteiger partial charge in [-0.2, -0.15) is 16.9 Å². The largest absolute Gasteiger partial charge is 0.369 e. The number of hydrogen-bond donors (Lipinski definition) is 1. The summed E-state index contributed by atoms with van der Waals surface area (Å²) in [6, 6.07) is 0.380. The number of aryl methyl sites for hydroxylation is 2. The number of thioether (sulfide) groups is 1. The molecule has 2 aromatic rings. The first-order valence-corrected chi connectivity index (χ1v) is 8.21. The van der Waals surface area contributed by atoms with Crippen molar-refractivity contribution in [1.82, 2.24) is 19.3 Å². The molecule has 19 heavy (non-hydrogen) atoms. The van der Waals surface area contributed by atoms with Crippen LogP contribution >= 0.6 is 11.8 Å². The minimum atomic E-state index is 0.380. The van der Waals surface area contributed by atoms with Crippen LogP contribution in [0.25, 0.3) is 11.2 Å². The van der Waals surface area contributed by atoms with E-state index in [1.54, 1.807) is 0 Å². The maximum absolute atomic E-state index is 6.14. The Hall–Kier alpha value is -1.17. The highest BCUT2D eigenvalue weighted by atomic mass is 32.2. The zero-order chi connectivity index (χ0) is 14.0. The number of imidazole rings is 1. The molecule has 5 nitrogen and oxygen atoms in total. The van der Waals surface area contributed by atoms with E-state index in [9.17, 15) is 0 Å². The van der Waals surface area contributed by atoms with Crippen molar-refractivity contribution in [2.24, 2.45) is 7.05 Å². The molecule has 0 saturated carbocycles. The van der Waals surface area contributed by atoms with Crippen molar-refractivity contribution < 1.29 is 0 Å². The van der Waals surface area contributed by atoms with Gasteiger partial charge in [0.05, 0.1) is 5.69 Å². The second-order valence-corrected chi connectivity index (χ2v) is 5.76. The number of aromatic nitrogens is 4. The van der Waals surface area contributed by atoms with E-state index in [1.807, 2.05) is 23.5 Å². The summed E-state index contributed by atoms with van der Waals surface area (Å²) in [6.07, 6.45) is 5.19. The minimum absolute atomic E-state index is 0.380. The van der Waals surface area contributed by atoms with Crippen LogP contribution in [0.4, 0.5) is 5.95 Å². The Balaban J connectivity index is 2.57. The van der Waals surface area contributed by atoms with Crippen LogP contribution in [0.1, 0.15) is 38.4 Å². The van der Waals surface area contributed by atoms with Crippen molar-refractivity contribution in [3.8, 4) is 0 Å². The van der Waals surface area contributed by atoms with Gasteiger partial charge in [-0.3, -0.25) is 9.25 Å². The molecule has 1 unspecified atom stereocenters. The van der Waals surface area contributed by atoms with Crippen molar-refractivity contribution in [2.45, 2.75) is 39.2 Å². The summed E-state index contributed by atoms with van der Waals surface area (Å²) < 4.78 is 4.07. The van der Waals surface area contributed by atoms with E-state index in [4.69, 9.17) is 5.73 Å². The van der Waals surface area contributed by atoms with E-state index in [2.05, 4.69) is 34.8 Å².